The smallest absolute Gasteiger partial charge is 0.273 e. The van der Waals surface area contributed by atoms with E-state index in [1.165, 1.54) is 12.1 Å². The van der Waals surface area contributed by atoms with Crippen LogP contribution in [0.4, 0.5) is 11.4 Å². The van der Waals surface area contributed by atoms with Crippen LogP contribution in [-0.2, 0) is 0 Å². The molecule has 0 saturated heterocycles. The van der Waals surface area contributed by atoms with Gasteiger partial charge in [-0.25, -0.2) is 0 Å². The first kappa shape index (κ1) is 15.5. The maximum absolute atomic E-state index is 12.2. The Morgan fingerprint density at radius 2 is 2.00 bits per heavy atom. The number of carbonyl (C=O) groups excluding carboxylic acids is 1. The lowest BCUT2D eigenvalue weighted by atomic mass is 10.1. The summed E-state index contributed by atoms with van der Waals surface area (Å²) in [6, 6.07) is 9.30. The van der Waals surface area contributed by atoms with E-state index in [9.17, 15) is 14.9 Å². The summed E-state index contributed by atoms with van der Waals surface area (Å²) >= 11 is 9.17. The highest BCUT2D eigenvalue weighted by Crippen LogP contribution is 2.27. The molecule has 0 saturated carbocycles. The summed E-state index contributed by atoms with van der Waals surface area (Å²) in [5, 5.41) is 14.0. The summed E-state index contributed by atoms with van der Waals surface area (Å²) in [4.78, 5) is 22.6. The van der Waals surface area contributed by atoms with Crippen molar-refractivity contribution in [2.75, 3.05) is 5.32 Å². The lowest BCUT2D eigenvalue weighted by molar-refractivity contribution is -0.385. The zero-order chi connectivity index (χ0) is 15.6. The quantitative estimate of drug-likeness (QED) is 0.636. The van der Waals surface area contributed by atoms with E-state index in [1.807, 2.05) is 0 Å². The fourth-order valence-electron chi connectivity index (χ4n) is 1.74. The Morgan fingerprint density at radius 1 is 1.29 bits per heavy atom. The van der Waals surface area contributed by atoms with Gasteiger partial charge in [-0.2, -0.15) is 0 Å². The van der Waals surface area contributed by atoms with Crippen LogP contribution in [0.2, 0.25) is 5.02 Å². The predicted molar refractivity (Wildman–Crippen MR) is 84.9 cm³/mol. The molecule has 0 bridgehead atoms. The number of benzene rings is 2. The van der Waals surface area contributed by atoms with E-state index < -0.39 is 10.8 Å². The van der Waals surface area contributed by atoms with Crippen molar-refractivity contribution in [3.63, 3.8) is 0 Å². The van der Waals surface area contributed by atoms with Crippen LogP contribution in [0.1, 0.15) is 15.9 Å². The van der Waals surface area contributed by atoms with Crippen molar-refractivity contribution in [2.45, 2.75) is 6.92 Å². The van der Waals surface area contributed by atoms with Crippen LogP contribution >= 0.6 is 27.5 Å². The Hall–Kier alpha value is -1.92. The van der Waals surface area contributed by atoms with E-state index in [2.05, 4.69) is 21.2 Å². The summed E-state index contributed by atoms with van der Waals surface area (Å²) in [6.07, 6.45) is 0. The molecule has 2 aromatic rings. The van der Waals surface area contributed by atoms with Crippen LogP contribution in [0.15, 0.2) is 40.9 Å². The van der Waals surface area contributed by atoms with Crippen molar-refractivity contribution < 1.29 is 9.72 Å². The van der Waals surface area contributed by atoms with Gasteiger partial charge in [0.15, 0.2) is 0 Å². The average Bonchev–Trinajstić information content (AvgIpc) is 2.43. The summed E-state index contributed by atoms with van der Waals surface area (Å²) in [7, 11) is 0. The molecule has 5 nitrogen and oxygen atoms in total. The third-order valence-electron chi connectivity index (χ3n) is 2.84. The van der Waals surface area contributed by atoms with Crippen molar-refractivity contribution in [3.8, 4) is 0 Å². The lowest BCUT2D eigenvalue weighted by Gasteiger charge is -2.08. The number of rotatable bonds is 3. The molecule has 0 radical (unpaired) electrons. The minimum absolute atomic E-state index is 0.0900. The largest absolute Gasteiger partial charge is 0.321 e. The third-order valence-corrected chi connectivity index (χ3v) is 3.77. The zero-order valence-corrected chi connectivity index (χ0v) is 13.2. The van der Waals surface area contributed by atoms with Gasteiger partial charge in [0.1, 0.15) is 0 Å². The number of hydrogen-bond donors (Lipinski definition) is 1. The molecule has 1 amide bonds. The van der Waals surface area contributed by atoms with Crippen LogP contribution in [0.3, 0.4) is 0 Å². The number of amides is 1. The van der Waals surface area contributed by atoms with Crippen molar-refractivity contribution in [1.29, 1.82) is 0 Å². The summed E-state index contributed by atoms with van der Waals surface area (Å²) in [5.74, 6) is -0.443. The van der Waals surface area contributed by atoms with E-state index in [4.69, 9.17) is 11.6 Å². The molecular formula is C14H10BrClN2O3. The van der Waals surface area contributed by atoms with Crippen LogP contribution in [0.25, 0.3) is 0 Å². The van der Waals surface area contributed by atoms with Gasteiger partial charge < -0.3 is 5.32 Å². The molecule has 0 aromatic heterocycles. The number of nitro benzene ring substituents is 1. The molecule has 0 unspecified atom stereocenters. The second kappa shape index (κ2) is 6.24. The molecule has 0 aliphatic rings. The molecular weight excluding hydrogens is 360 g/mol. The van der Waals surface area contributed by atoms with E-state index in [0.717, 1.165) is 0 Å². The number of anilines is 1. The Morgan fingerprint density at radius 3 is 2.67 bits per heavy atom. The van der Waals surface area contributed by atoms with Crippen molar-refractivity contribution in [3.05, 3.63) is 67.1 Å². The molecule has 21 heavy (non-hydrogen) atoms. The topological polar surface area (TPSA) is 72.2 Å². The Bertz CT molecular complexity index is 734. The van der Waals surface area contributed by atoms with E-state index in [-0.39, 0.29) is 11.3 Å². The highest BCUT2D eigenvalue weighted by Gasteiger charge is 2.15. The molecule has 2 rings (SSSR count). The monoisotopic (exact) mass is 368 g/mol. The second-order valence-corrected chi connectivity index (χ2v) is 5.63. The second-order valence-electron chi connectivity index (χ2n) is 4.34. The van der Waals surface area contributed by atoms with Crippen LogP contribution < -0.4 is 5.32 Å². The van der Waals surface area contributed by atoms with Crippen molar-refractivity contribution >= 4 is 44.8 Å². The number of halogens is 2. The number of nitro groups is 1. The van der Waals surface area contributed by atoms with E-state index >= 15 is 0 Å². The van der Waals surface area contributed by atoms with Gasteiger partial charge in [-0.15, -0.1) is 0 Å². The van der Waals surface area contributed by atoms with Gasteiger partial charge in [-0.05, 0) is 47.1 Å². The Balaban J connectivity index is 2.30. The molecule has 108 valence electrons. The Labute approximate surface area is 134 Å². The van der Waals surface area contributed by atoms with Gasteiger partial charge in [0.25, 0.3) is 11.6 Å². The maximum atomic E-state index is 12.2. The number of nitrogens with one attached hydrogen (secondary N) is 1. The highest BCUT2D eigenvalue weighted by molar-refractivity contribution is 9.10. The first-order valence-electron chi connectivity index (χ1n) is 5.90. The van der Waals surface area contributed by atoms with Gasteiger partial charge in [0.05, 0.1) is 10.6 Å². The highest BCUT2D eigenvalue weighted by atomic mass is 79.9. The van der Waals surface area contributed by atoms with Crippen molar-refractivity contribution in [1.82, 2.24) is 0 Å². The minimum atomic E-state index is -0.512. The maximum Gasteiger partial charge on any atom is 0.273 e. The van der Waals surface area contributed by atoms with Gasteiger partial charge in [0.2, 0.25) is 0 Å². The van der Waals surface area contributed by atoms with Crippen LogP contribution in [-0.4, -0.2) is 10.8 Å². The zero-order valence-electron chi connectivity index (χ0n) is 10.9. The number of nitrogens with zero attached hydrogens (tertiary/aromatic N) is 1. The summed E-state index contributed by atoms with van der Waals surface area (Å²) < 4.78 is 0.668. The molecule has 0 fully saturated rings. The fraction of sp³-hybridized carbons (Fsp3) is 0.0714. The molecule has 0 aliphatic carbocycles. The predicted octanol–water partition coefficient (Wildman–Crippen LogP) is 4.57. The first-order chi connectivity index (χ1) is 9.88. The normalized spacial score (nSPS) is 10.2. The molecule has 2 aromatic carbocycles. The van der Waals surface area contributed by atoms with Crippen molar-refractivity contribution in [2.24, 2.45) is 0 Å². The molecule has 0 atom stereocenters. The molecule has 0 heterocycles. The summed E-state index contributed by atoms with van der Waals surface area (Å²) in [5.41, 5.74) is 1.11. The summed E-state index contributed by atoms with van der Waals surface area (Å²) in [6.45, 7) is 1.62. The fourth-order valence-corrected chi connectivity index (χ4v) is 2.25. The van der Waals surface area contributed by atoms with Gasteiger partial charge >= 0.3 is 0 Å². The molecule has 0 spiro atoms. The Kier molecular flexibility index (Phi) is 4.59. The standard InChI is InChI=1S/C14H10BrClN2O3/c1-8-2-3-9(6-13(8)18(20)21)14(19)17-12-7-10(16)4-5-11(12)15/h2-7H,1H3,(H,17,19). The van der Waals surface area contributed by atoms with Gasteiger partial charge in [-0.3, -0.25) is 14.9 Å². The van der Waals surface area contributed by atoms with Gasteiger partial charge in [0, 0.05) is 26.7 Å². The van der Waals surface area contributed by atoms with Gasteiger partial charge in [-0.1, -0.05) is 17.7 Å². The number of hydrogen-bond acceptors (Lipinski definition) is 3. The molecule has 0 aliphatic heterocycles. The average molecular weight is 370 g/mol. The van der Waals surface area contributed by atoms with E-state index in [0.29, 0.717) is 20.7 Å². The number of aryl methyl sites for hydroxylation is 1. The molecule has 1 N–H and O–H groups in total. The molecule has 7 heteroatoms. The SMILES string of the molecule is Cc1ccc(C(=O)Nc2cc(Cl)ccc2Br)cc1[N+](=O)[O-]. The first-order valence-corrected chi connectivity index (χ1v) is 7.07. The lowest BCUT2D eigenvalue weighted by Crippen LogP contribution is -2.12. The minimum Gasteiger partial charge on any atom is -0.321 e. The van der Waals surface area contributed by atoms with Crippen LogP contribution in [0, 0.1) is 17.0 Å². The van der Waals surface area contributed by atoms with E-state index in [1.54, 1.807) is 31.2 Å². The number of carbonyl (C=O) groups is 1. The third kappa shape index (κ3) is 3.59. The van der Waals surface area contributed by atoms with Crippen LogP contribution in [0.5, 0.6) is 0 Å².